The number of benzene rings is 2. The summed E-state index contributed by atoms with van der Waals surface area (Å²) in [6.45, 7) is 3.53. The Labute approximate surface area is 169 Å². The Morgan fingerprint density at radius 2 is 1.90 bits per heavy atom. The summed E-state index contributed by atoms with van der Waals surface area (Å²) in [5.41, 5.74) is 3.16. The molecule has 2 aromatic carbocycles. The van der Waals surface area contributed by atoms with Gasteiger partial charge in [0.25, 0.3) is 5.91 Å². The van der Waals surface area contributed by atoms with Crippen molar-refractivity contribution in [2.45, 2.75) is 13.8 Å². The summed E-state index contributed by atoms with van der Waals surface area (Å²) in [5.74, 6) is -0.878. The zero-order valence-corrected chi connectivity index (χ0v) is 17.0. The van der Waals surface area contributed by atoms with E-state index in [1.807, 2.05) is 31.2 Å². The smallest absolute Gasteiger partial charge is 0.255 e. The van der Waals surface area contributed by atoms with Crippen molar-refractivity contribution >= 4 is 15.7 Å². The van der Waals surface area contributed by atoms with Crippen molar-refractivity contribution in [3.63, 3.8) is 0 Å². The summed E-state index contributed by atoms with van der Waals surface area (Å²) in [4.78, 5) is 12.8. The minimum absolute atomic E-state index is 0.0178. The van der Waals surface area contributed by atoms with E-state index in [4.69, 9.17) is 0 Å². The summed E-state index contributed by atoms with van der Waals surface area (Å²) >= 11 is 0. The molecule has 6 nitrogen and oxygen atoms in total. The molecule has 0 fully saturated rings. The Morgan fingerprint density at radius 3 is 2.55 bits per heavy atom. The van der Waals surface area contributed by atoms with Gasteiger partial charge < -0.3 is 5.32 Å². The van der Waals surface area contributed by atoms with Gasteiger partial charge >= 0.3 is 0 Å². The first-order valence-corrected chi connectivity index (χ1v) is 11.0. The molecule has 29 heavy (non-hydrogen) atoms. The maximum absolute atomic E-state index is 13.2. The van der Waals surface area contributed by atoms with Crippen LogP contribution < -0.4 is 5.32 Å². The molecule has 0 saturated carbocycles. The topological polar surface area (TPSA) is 81.1 Å². The summed E-state index contributed by atoms with van der Waals surface area (Å²) in [6, 6.07) is 13.3. The molecule has 3 rings (SSSR count). The van der Waals surface area contributed by atoms with Crippen LogP contribution in [0.2, 0.25) is 0 Å². The third kappa shape index (κ3) is 5.08. The molecule has 0 spiro atoms. The van der Waals surface area contributed by atoms with E-state index in [0.717, 1.165) is 11.1 Å². The fraction of sp³-hybridized carbons (Fsp3) is 0.238. The van der Waals surface area contributed by atoms with Crippen LogP contribution in [-0.2, 0) is 9.84 Å². The van der Waals surface area contributed by atoms with Gasteiger partial charge in [0.2, 0.25) is 0 Å². The average Bonchev–Trinajstić information content (AvgIpc) is 3.14. The highest BCUT2D eigenvalue weighted by molar-refractivity contribution is 7.91. The first-order chi connectivity index (χ1) is 13.8. The van der Waals surface area contributed by atoms with E-state index in [0.29, 0.717) is 16.9 Å². The number of sulfone groups is 1. The van der Waals surface area contributed by atoms with Crippen LogP contribution in [0.25, 0.3) is 16.9 Å². The van der Waals surface area contributed by atoms with Gasteiger partial charge in [0.1, 0.15) is 11.5 Å². The van der Waals surface area contributed by atoms with Crippen molar-refractivity contribution in [1.82, 2.24) is 15.1 Å². The molecule has 0 radical (unpaired) electrons. The number of nitrogens with one attached hydrogen (secondary N) is 1. The van der Waals surface area contributed by atoms with Gasteiger partial charge in [-0.15, -0.1) is 0 Å². The largest absolute Gasteiger partial charge is 0.351 e. The highest BCUT2D eigenvalue weighted by Gasteiger charge is 2.19. The van der Waals surface area contributed by atoms with Gasteiger partial charge in [0.15, 0.2) is 9.84 Å². The van der Waals surface area contributed by atoms with Crippen LogP contribution in [-0.4, -0.2) is 42.2 Å². The van der Waals surface area contributed by atoms with Crippen molar-refractivity contribution in [3.05, 3.63) is 71.7 Å². The van der Waals surface area contributed by atoms with Crippen LogP contribution in [0.5, 0.6) is 0 Å². The molecule has 0 saturated heterocycles. The molecule has 3 aromatic rings. The first-order valence-electron chi connectivity index (χ1n) is 9.20. The molecule has 1 amide bonds. The van der Waals surface area contributed by atoms with Crippen LogP contribution in [0.3, 0.4) is 0 Å². The van der Waals surface area contributed by atoms with Gasteiger partial charge in [-0.05, 0) is 37.3 Å². The molecular formula is C21H22FN3O3S. The second-order valence-electron chi connectivity index (χ2n) is 6.67. The standard InChI is InChI=1S/C21H22FN3O3S/c1-3-29(27,28)12-11-23-21(26)19-14-25(18-9-7-17(22)8-10-18)24-20(19)16-6-4-5-15(2)13-16/h4-10,13-14H,3,11-12H2,1-2H3,(H,23,26). The summed E-state index contributed by atoms with van der Waals surface area (Å²) in [5, 5.41) is 7.19. The molecule has 152 valence electrons. The van der Waals surface area contributed by atoms with Gasteiger partial charge in [0.05, 0.1) is 17.0 Å². The molecule has 0 bridgehead atoms. The molecular weight excluding hydrogens is 393 g/mol. The van der Waals surface area contributed by atoms with Crippen molar-refractivity contribution in [3.8, 4) is 16.9 Å². The van der Waals surface area contributed by atoms with E-state index in [2.05, 4.69) is 10.4 Å². The highest BCUT2D eigenvalue weighted by atomic mass is 32.2. The molecule has 0 aliphatic carbocycles. The predicted octanol–water partition coefficient (Wildman–Crippen LogP) is 3.15. The summed E-state index contributed by atoms with van der Waals surface area (Å²) in [6.07, 6.45) is 1.56. The number of halogens is 1. The highest BCUT2D eigenvalue weighted by Crippen LogP contribution is 2.24. The molecule has 0 unspecified atom stereocenters. The van der Waals surface area contributed by atoms with Gasteiger partial charge in [-0.25, -0.2) is 17.5 Å². The zero-order valence-electron chi connectivity index (χ0n) is 16.2. The van der Waals surface area contributed by atoms with Crippen LogP contribution in [0, 0.1) is 12.7 Å². The van der Waals surface area contributed by atoms with Crippen LogP contribution in [0.15, 0.2) is 54.7 Å². The summed E-state index contributed by atoms with van der Waals surface area (Å²) < 4.78 is 38.1. The molecule has 1 heterocycles. The first kappa shape index (κ1) is 20.7. The SMILES string of the molecule is CCS(=O)(=O)CCNC(=O)c1cn(-c2ccc(F)cc2)nc1-c1cccc(C)c1. The lowest BCUT2D eigenvalue weighted by molar-refractivity contribution is 0.0956. The van der Waals surface area contributed by atoms with Crippen LogP contribution in [0.1, 0.15) is 22.8 Å². The molecule has 1 aromatic heterocycles. The maximum Gasteiger partial charge on any atom is 0.255 e. The Hall–Kier alpha value is -3.00. The number of rotatable bonds is 7. The number of hydrogen-bond donors (Lipinski definition) is 1. The van der Waals surface area contributed by atoms with E-state index in [-0.39, 0.29) is 23.9 Å². The maximum atomic E-state index is 13.2. The van der Waals surface area contributed by atoms with Crippen molar-refractivity contribution in [2.75, 3.05) is 18.1 Å². The van der Waals surface area contributed by atoms with E-state index in [1.54, 1.807) is 25.3 Å². The predicted molar refractivity (Wildman–Crippen MR) is 110 cm³/mol. The number of aromatic nitrogens is 2. The quantitative estimate of drug-likeness (QED) is 0.643. The second kappa shape index (κ2) is 8.57. The fourth-order valence-corrected chi connectivity index (χ4v) is 3.53. The Morgan fingerprint density at radius 1 is 1.17 bits per heavy atom. The lowest BCUT2D eigenvalue weighted by Crippen LogP contribution is -2.29. The number of nitrogens with zero attached hydrogens (tertiary/aromatic N) is 2. The van der Waals surface area contributed by atoms with Crippen molar-refractivity contribution in [1.29, 1.82) is 0 Å². The van der Waals surface area contributed by atoms with E-state index in [9.17, 15) is 17.6 Å². The number of hydrogen-bond acceptors (Lipinski definition) is 4. The van der Waals surface area contributed by atoms with E-state index < -0.39 is 15.7 Å². The van der Waals surface area contributed by atoms with Gasteiger partial charge in [-0.1, -0.05) is 30.7 Å². The van der Waals surface area contributed by atoms with E-state index >= 15 is 0 Å². The van der Waals surface area contributed by atoms with Gasteiger partial charge in [0, 0.05) is 24.1 Å². The molecule has 1 N–H and O–H groups in total. The fourth-order valence-electron chi connectivity index (χ4n) is 2.83. The van der Waals surface area contributed by atoms with E-state index in [1.165, 1.54) is 16.8 Å². The molecule has 8 heteroatoms. The van der Waals surface area contributed by atoms with Gasteiger partial charge in [-0.3, -0.25) is 4.79 Å². The second-order valence-corrected chi connectivity index (χ2v) is 9.15. The molecule has 0 aliphatic rings. The van der Waals surface area contributed by atoms with Crippen molar-refractivity contribution < 1.29 is 17.6 Å². The zero-order chi connectivity index (χ0) is 21.0. The van der Waals surface area contributed by atoms with Crippen LogP contribution in [0.4, 0.5) is 4.39 Å². The lowest BCUT2D eigenvalue weighted by Gasteiger charge is -2.06. The minimum Gasteiger partial charge on any atom is -0.351 e. The number of amides is 1. The third-order valence-corrected chi connectivity index (χ3v) is 6.19. The van der Waals surface area contributed by atoms with Gasteiger partial charge in [-0.2, -0.15) is 5.10 Å². The summed E-state index contributed by atoms with van der Waals surface area (Å²) in [7, 11) is -3.18. The number of carbonyl (C=O) groups excluding carboxylic acids is 1. The monoisotopic (exact) mass is 415 g/mol. The lowest BCUT2D eigenvalue weighted by atomic mass is 10.1. The molecule has 0 aliphatic heterocycles. The molecule has 0 atom stereocenters. The Bertz CT molecular complexity index is 1120. The Kier molecular flexibility index (Phi) is 6.12. The minimum atomic E-state index is -3.18. The number of aryl methyl sites for hydroxylation is 1. The average molecular weight is 415 g/mol. The Balaban J connectivity index is 1.95. The van der Waals surface area contributed by atoms with Crippen molar-refractivity contribution in [2.24, 2.45) is 0 Å². The third-order valence-electron chi connectivity index (χ3n) is 4.48. The number of carbonyl (C=O) groups is 1. The normalized spacial score (nSPS) is 11.4. The van der Waals surface area contributed by atoms with Crippen LogP contribution >= 0.6 is 0 Å².